The lowest BCUT2D eigenvalue weighted by molar-refractivity contribution is 0.483. The first-order valence-corrected chi connectivity index (χ1v) is 7.26. The smallest absolute Gasteiger partial charge is 0.294 e. The van der Waals surface area contributed by atoms with Crippen LogP contribution in [0.15, 0.2) is 53.4 Å². The molecule has 0 amide bonds. The molecule has 0 fully saturated rings. The van der Waals surface area contributed by atoms with Crippen molar-refractivity contribution < 1.29 is 13.0 Å². The van der Waals surface area contributed by atoms with E-state index in [-0.39, 0.29) is 4.90 Å². The fraction of sp³-hybridized carbons (Fsp3) is 0.143. The predicted octanol–water partition coefficient (Wildman–Crippen LogP) is 2.85. The molecule has 100 valence electrons. The van der Waals surface area contributed by atoms with Gasteiger partial charge in [-0.1, -0.05) is 24.3 Å². The molecule has 0 aliphatic heterocycles. The minimum absolute atomic E-state index is 0.0870. The predicted molar refractivity (Wildman–Crippen MR) is 74.8 cm³/mol. The Morgan fingerprint density at radius 1 is 1.11 bits per heavy atom. The quantitative estimate of drug-likeness (QED) is 0.843. The number of hydrogen-bond acceptors (Lipinski definition) is 3. The highest BCUT2D eigenvalue weighted by atomic mass is 32.2. The van der Waals surface area contributed by atoms with Crippen LogP contribution in [0.5, 0.6) is 0 Å². The van der Waals surface area contributed by atoms with Gasteiger partial charge in [0.2, 0.25) is 0 Å². The second-order valence-electron chi connectivity index (χ2n) is 4.35. The normalized spacial score (nSPS) is 11.3. The van der Waals surface area contributed by atoms with Gasteiger partial charge in [0, 0.05) is 12.2 Å². The molecule has 5 heteroatoms. The van der Waals surface area contributed by atoms with Gasteiger partial charge in [0.15, 0.2) is 0 Å². The molecule has 0 bridgehead atoms. The van der Waals surface area contributed by atoms with Gasteiger partial charge >= 0.3 is 0 Å². The summed E-state index contributed by atoms with van der Waals surface area (Å²) in [5.41, 5.74) is 2.91. The van der Waals surface area contributed by atoms with Gasteiger partial charge in [-0.05, 0) is 42.3 Å². The van der Waals surface area contributed by atoms with Crippen LogP contribution in [0, 0.1) is 6.92 Å². The number of benzene rings is 2. The second kappa shape index (κ2) is 5.42. The van der Waals surface area contributed by atoms with Crippen LogP contribution >= 0.6 is 0 Å². The molecule has 0 spiro atoms. The van der Waals surface area contributed by atoms with Crippen molar-refractivity contribution >= 4 is 15.8 Å². The molecule has 2 rings (SSSR count). The van der Waals surface area contributed by atoms with Gasteiger partial charge in [-0.15, -0.1) is 0 Å². The molecule has 4 nitrogen and oxygen atoms in total. The van der Waals surface area contributed by atoms with Crippen LogP contribution in [-0.4, -0.2) is 13.0 Å². The Hall–Kier alpha value is -1.85. The van der Waals surface area contributed by atoms with Gasteiger partial charge in [-0.25, -0.2) is 0 Å². The summed E-state index contributed by atoms with van der Waals surface area (Å²) < 4.78 is 31.1. The third-order valence-corrected chi connectivity index (χ3v) is 3.56. The number of anilines is 1. The maximum Gasteiger partial charge on any atom is 0.294 e. The lowest BCUT2D eigenvalue weighted by atomic mass is 10.2. The minimum atomic E-state index is -4.14. The van der Waals surface area contributed by atoms with Crippen LogP contribution in [0.4, 0.5) is 5.69 Å². The zero-order chi connectivity index (χ0) is 13.9. The van der Waals surface area contributed by atoms with Gasteiger partial charge in [0.05, 0.1) is 4.90 Å². The highest BCUT2D eigenvalue weighted by Gasteiger charge is 2.09. The van der Waals surface area contributed by atoms with Crippen LogP contribution in [0.2, 0.25) is 0 Å². The van der Waals surface area contributed by atoms with E-state index in [9.17, 15) is 8.42 Å². The average Bonchev–Trinajstić information content (AvgIpc) is 2.36. The molecule has 0 atom stereocenters. The lowest BCUT2D eigenvalue weighted by Gasteiger charge is -2.08. The first-order chi connectivity index (χ1) is 8.95. The molecule has 0 aliphatic carbocycles. The van der Waals surface area contributed by atoms with E-state index in [0.29, 0.717) is 6.54 Å². The third kappa shape index (κ3) is 3.81. The number of nitrogens with one attached hydrogen (secondary N) is 1. The molecule has 0 heterocycles. The van der Waals surface area contributed by atoms with Gasteiger partial charge in [0.25, 0.3) is 10.1 Å². The van der Waals surface area contributed by atoms with Crippen molar-refractivity contribution in [1.29, 1.82) is 0 Å². The molecule has 2 aromatic carbocycles. The van der Waals surface area contributed by atoms with E-state index in [4.69, 9.17) is 4.55 Å². The highest BCUT2D eigenvalue weighted by molar-refractivity contribution is 7.85. The third-order valence-electron chi connectivity index (χ3n) is 2.71. The topological polar surface area (TPSA) is 66.4 Å². The number of hydrogen-bond donors (Lipinski definition) is 2. The Labute approximate surface area is 112 Å². The van der Waals surface area contributed by atoms with E-state index < -0.39 is 10.1 Å². The SMILES string of the molecule is Cc1cccc(NCc2cccc(S(=O)(=O)O)c2)c1. The van der Waals surface area contributed by atoms with Crippen molar-refractivity contribution in [2.75, 3.05) is 5.32 Å². The van der Waals surface area contributed by atoms with Gasteiger partial charge in [-0.2, -0.15) is 8.42 Å². The molecular weight excluding hydrogens is 262 g/mol. The Balaban J connectivity index is 2.12. The Bertz CT molecular complexity index is 681. The van der Waals surface area contributed by atoms with E-state index >= 15 is 0 Å². The molecule has 0 radical (unpaired) electrons. The van der Waals surface area contributed by atoms with Crippen LogP contribution in [0.1, 0.15) is 11.1 Å². The summed E-state index contributed by atoms with van der Waals surface area (Å²) in [6.45, 7) is 2.50. The van der Waals surface area contributed by atoms with Crippen molar-refractivity contribution in [3.05, 3.63) is 59.7 Å². The molecular formula is C14H15NO3S. The second-order valence-corrected chi connectivity index (χ2v) is 5.77. The molecule has 0 aliphatic rings. The van der Waals surface area contributed by atoms with E-state index in [2.05, 4.69) is 5.32 Å². The number of aryl methyl sites for hydroxylation is 1. The van der Waals surface area contributed by atoms with E-state index in [0.717, 1.165) is 16.8 Å². The summed E-state index contributed by atoms with van der Waals surface area (Å²) in [6, 6.07) is 14.1. The molecule has 2 aromatic rings. The molecule has 19 heavy (non-hydrogen) atoms. The zero-order valence-corrected chi connectivity index (χ0v) is 11.3. The lowest BCUT2D eigenvalue weighted by Crippen LogP contribution is -2.02. The molecule has 0 saturated heterocycles. The molecule has 0 aromatic heterocycles. The molecule has 0 unspecified atom stereocenters. The first kappa shape index (κ1) is 13.6. The van der Waals surface area contributed by atoms with E-state index in [1.165, 1.54) is 12.1 Å². The van der Waals surface area contributed by atoms with E-state index in [1.54, 1.807) is 12.1 Å². The number of rotatable bonds is 4. The highest BCUT2D eigenvalue weighted by Crippen LogP contribution is 2.14. The Kier molecular flexibility index (Phi) is 3.87. The van der Waals surface area contributed by atoms with Crippen molar-refractivity contribution in [2.45, 2.75) is 18.4 Å². The van der Waals surface area contributed by atoms with E-state index in [1.807, 2.05) is 31.2 Å². The Morgan fingerprint density at radius 3 is 2.53 bits per heavy atom. The van der Waals surface area contributed by atoms with Gasteiger partial charge < -0.3 is 5.32 Å². The van der Waals surface area contributed by atoms with Crippen LogP contribution in [-0.2, 0) is 16.7 Å². The molecule has 0 saturated carbocycles. The van der Waals surface area contributed by atoms with Crippen LogP contribution < -0.4 is 5.32 Å². The zero-order valence-electron chi connectivity index (χ0n) is 10.5. The van der Waals surface area contributed by atoms with Crippen molar-refractivity contribution in [2.24, 2.45) is 0 Å². The standard InChI is InChI=1S/C14H15NO3S/c1-11-4-2-6-13(8-11)15-10-12-5-3-7-14(9-12)19(16,17)18/h2-9,15H,10H2,1H3,(H,16,17,18). The van der Waals surface area contributed by atoms with Crippen LogP contribution in [0.3, 0.4) is 0 Å². The minimum Gasteiger partial charge on any atom is -0.381 e. The fourth-order valence-corrected chi connectivity index (χ4v) is 2.33. The fourth-order valence-electron chi connectivity index (χ4n) is 1.78. The monoisotopic (exact) mass is 277 g/mol. The van der Waals surface area contributed by atoms with Crippen LogP contribution in [0.25, 0.3) is 0 Å². The van der Waals surface area contributed by atoms with Crippen molar-refractivity contribution in [3.63, 3.8) is 0 Å². The molecule has 2 N–H and O–H groups in total. The van der Waals surface area contributed by atoms with Crippen molar-refractivity contribution in [3.8, 4) is 0 Å². The first-order valence-electron chi connectivity index (χ1n) is 5.82. The summed E-state index contributed by atoms with van der Waals surface area (Å²) in [6.07, 6.45) is 0. The maximum absolute atomic E-state index is 11.0. The van der Waals surface area contributed by atoms with Crippen molar-refractivity contribution in [1.82, 2.24) is 0 Å². The largest absolute Gasteiger partial charge is 0.381 e. The van der Waals surface area contributed by atoms with Gasteiger partial charge in [0.1, 0.15) is 0 Å². The summed E-state index contributed by atoms with van der Waals surface area (Å²) in [4.78, 5) is -0.0870. The summed E-state index contributed by atoms with van der Waals surface area (Å²) in [7, 11) is -4.14. The summed E-state index contributed by atoms with van der Waals surface area (Å²) >= 11 is 0. The summed E-state index contributed by atoms with van der Waals surface area (Å²) in [5, 5.41) is 3.20. The Morgan fingerprint density at radius 2 is 1.84 bits per heavy atom. The van der Waals surface area contributed by atoms with Gasteiger partial charge in [-0.3, -0.25) is 4.55 Å². The maximum atomic E-state index is 11.0. The summed E-state index contributed by atoms with van der Waals surface area (Å²) in [5.74, 6) is 0. The average molecular weight is 277 g/mol.